The van der Waals surface area contributed by atoms with Crippen molar-refractivity contribution in [2.45, 2.75) is 38.1 Å². The van der Waals surface area contributed by atoms with E-state index < -0.39 is 5.72 Å². The second kappa shape index (κ2) is 6.25. The molecule has 5 nitrogen and oxygen atoms in total. The molecule has 2 amide bonds. The molecule has 2 aliphatic rings. The van der Waals surface area contributed by atoms with Crippen LogP contribution in [0.4, 0.5) is 0 Å². The van der Waals surface area contributed by atoms with Gasteiger partial charge in [-0.05, 0) is 37.1 Å². The number of benzene rings is 2. The molecule has 134 valence electrons. The van der Waals surface area contributed by atoms with Gasteiger partial charge in [0.1, 0.15) is 5.72 Å². The average molecular weight is 350 g/mol. The van der Waals surface area contributed by atoms with Crippen molar-refractivity contribution in [3.63, 3.8) is 0 Å². The highest BCUT2D eigenvalue weighted by atomic mass is 16.5. The molecule has 1 saturated heterocycles. The fraction of sp³-hybridized carbons (Fsp3) is 0.333. The molecule has 2 aromatic rings. The van der Waals surface area contributed by atoms with Crippen molar-refractivity contribution in [2.75, 3.05) is 6.54 Å². The largest absolute Gasteiger partial charge is 0.350 e. The van der Waals surface area contributed by atoms with Crippen molar-refractivity contribution in [1.29, 1.82) is 0 Å². The summed E-state index contributed by atoms with van der Waals surface area (Å²) < 4.78 is 6.17. The minimum Gasteiger partial charge on any atom is -0.350 e. The van der Waals surface area contributed by atoms with Gasteiger partial charge in [-0.1, -0.05) is 42.5 Å². The van der Waals surface area contributed by atoms with Gasteiger partial charge in [0.2, 0.25) is 5.91 Å². The molecule has 0 radical (unpaired) electrons. The highest BCUT2D eigenvalue weighted by Crippen LogP contribution is 2.47. The first-order valence-corrected chi connectivity index (χ1v) is 8.88. The van der Waals surface area contributed by atoms with E-state index in [-0.39, 0.29) is 30.5 Å². The van der Waals surface area contributed by atoms with Crippen LogP contribution in [-0.2, 0) is 16.0 Å². The van der Waals surface area contributed by atoms with E-state index in [2.05, 4.69) is 17.4 Å². The highest BCUT2D eigenvalue weighted by molar-refractivity contribution is 5.96. The Balaban J connectivity index is 1.52. The van der Waals surface area contributed by atoms with E-state index >= 15 is 0 Å². The zero-order chi connectivity index (χ0) is 18.3. The molecule has 0 spiro atoms. The third kappa shape index (κ3) is 2.78. The molecule has 1 aliphatic heterocycles. The standard InChI is InChI=1S/C21H22N2O3/c1-21(2)23(18(24)13-22-20(25)14-8-4-3-5-9-14)19-16-11-7-6-10-15(16)12-17(19)26-21/h3-11,17,19H,12-13H2,1-2H3,(H,22,25)/t17-,19+/m1/s1. The summed E-state index contributed by atoms with van der Waals surface area (Å²) in [5, 5.41) is 2.73. The summed E-state index contributed by atoms with van der Waals surface area (Å²) >= 11 is 0. The monoisotopic (exact) mass is 350 g/mol. The Morgan fingerprint density at radius 1 is 1.12 bits per heavy atom. The molecular formula is C21H22N2O3. The number of nitrogens with zero attached hydrogens (tertiary/aromatic N) is 1. The summed E-state index contributed by atoms with van der Waals surface area (Å²) in [5.41, 5.74) is 2.22. The van der Waals surface area contributed by atoms with Crippen LogP contribution in [0.3, 0.4) is 0 Å². The summed E-state index contributed by atoms with van der Waals surface area (Å²) in [6, 6.07) is 17.0. The molecule has 0 bridgehead atoms. The predicted molar refractivity (Wildman–Crippen MR) is 97.5 cm³/mol. The average Bonchev–Trinajstić information content (AvgIpc) is 3.10. The third-order valence-electron chi connectivity index (χ3n) is 5.15. The van der Waals surface area contributed by atoms with Gasteiger partial charge >= 0.3 is 0 Å². The lowest BCUT2D eigenvalue weighted by atomic mass is 10.1. The molecule has 0 saturated carbocycles. The summed E-state index contributed by atoms with van der Waals surface area (Å²) in [7, 11) is 0. The SMILES string of the molecule is CC1(C)O[C@@H]2Cc3ccccc3[C@@H]2N1C(=O)CNC(=O)c1ccccc1. The van der Waals surface area contributed by atoms with Crippen LogP contribution >= 0.6 is 0 Å². The van der Waals surface area contributed by atoms with E-state index in [0.717, 1.165) is 12.0 Å². The van der Waals surface area contributed by atoms with E-state index in [1.165, 1.54) is 5.56 Å². The first-order valence-electron chi connectivity index (χ1n) is 8.88. The van der Waals surface area contributed by atoms with Gasteiger partial charge in [0.25, 0.3) is 5.91 Å². The minimum atomic E-state index is -0.697. The smallest absolute Gasteiger partial charge is 0.251 e. The number of amides is 2. The van der Waals surface area contributed by atoms with Gasteiger partial charge in [-0.3, -0.25) is 9.59 Å². The fourth-order valence-electron chi connectivity index (χ4n) is 4.10. The van der Waals surface area contributed by atoms with Crippen molar-refractivity contribution in [1.82, 2.24) is 10.2 Å². The van der Waals surface area contributed by atoms with E-state index in [1.807, 2.05) is 32.0 Å². The van der Waals surface area contributed by atoms with Crippen LogP contribution in [0.1, 0.15) is 41.4 Å². The molecule has 1 aliphatic carbocycles. The van der Waals surface area contributed by atoms with Crippen molar-refractivity contribution >= 4 is 11.8 Å². The number of fused-ring (bicyclic) bond motifs is 3. The second-order valence-corrected chi connectivity index (χ2v) is 7.26. The Morgan fingerprint density at radius 3 is 2.58 bits per heavy atom. The number of hydrogen-bond donors (Lipinski definition) is 1. The van der Waals surface area contributed by atoms with Crippen LogP contribution in [0.5, 0.6) is 0 Å². The van der Waals surface area contributed by atoms with Crippen LogP contribution in [0.15, 0.2) is 54.6 Å². The number of nitrogens with one attached hydrogen (secondary N) is 1. The lowest BCUT2D eigenvalue weighted by Crippen LogP contribution is -2.48. The van der Waals surface area contributed by atoms with Gasteiger partial charge < -0.3 is 15.0 Å². The van der Waals surface area contributed by atoms with Gasteiger partial charge in [-0.15, -0.1) is 0 Å². The van der Waals surface area contributed by atoms with Crippen LogP contribution in [-0.4, -0.2) is 35.1 Å². The maximum Gasteiger partial charge on any atom is 0.251 e. The van der Waals surface area contributed by atoms with Gasteiger partial charge in [0, 0.05) is 12.0 Å². The Morgan fingerprint density at radius 2 is 1.81 bits per heavy atom. The van der Waals surface area contributed by atoms with Crippen molar-refractivity contribution in [3.05, 3.63) is 71.3 Å². The van der Waals surface area contributed by atoms with Crippen molar-refractivity contribution in [2.24, 2.45) is 0 Å². The Labute approximate surface area is 153 Å². The summed E-state index contributed by atoms with van der Waals surface area (Å²) in [4.78, 5) is 27.0. The molecular weight excluding hydrogens is 328 g/mol. The molecule has 1 N–H and O–H groups in total. The third-order valence-corrected chi connectivity index (χ3v) is 5.15. The molecule has 0 aromatic heterocycles. The molecule has 1 fully saturated rings. The first kappa shape index (κ1) is 16.8. The van der Waals surface area contributed by atoms with E-state index in [4.69, 9.17) is 4.74 Å². The Kier molecular flexibility index (Phi) is 4.04. The maximum atomic E-state index is 13.0. The number of rotatable bonds is 3. The topological polar surface area (TPSA) is 58.6 Å². The highest BCUT2D eigenvalue weighted by Gasteiger charge is 2.53. The number of carbonyl (C=O) groups is 2. The molecule has 4 rings (SSSR count). The van der Waals surface area contributed by atoms with E-state index in [9.17, 15) is 9.59 Å². The van der Waals surface area contributed by atoms with Crippen LogP contribution in [0.2, 0.25) is 0 Å². The number of hydrogen-bond acceptors (Lipinski definition) is 3. The van der Waals surface area contributed by atoms with Gasteiger partial charge in [-0.2, -0.15) is 0 Å². The Hall–Kier alpha value is -2.66. The zero-order valence-electron chi connectivity index (χ0n) is 14.9. The van der Waals surface area contributed by atoms with Crippen molar-refractivity contribution < 1.29 is 14.3 Å². The first-order chi connectivity index (χ1) is 12.5. The zero-order valence-corrected chi connectivity index (χ0v) is 14.9. The minimum absolute atomic E-state index is 0.0313. The lowest BCUT2D eigenvalue weighted by Gasteiger charge is -2.34. The van der Waals surface area contributed by atoms with Crippen molar-refractivity contribution in [3.8, 4) is 0 Å². The molecule has 26 heavy (non-hydrogen) atoms. The van der Waals surface area contributed by atoms with Crippen LogP contribution < -0.4 is 5.32 Å². The van der Waals surface area contributed by atoms with Gasteiger partial charge in [0.05, 0.1) is 18.7 Å². The molecule has 2 atom stereocenters. The quantitative estimate of drug-likeness (QED) is 0.926. The molecule has 2 aromatic carbocycles. The fourth-order valence-corrected chi connectivity index (χ4v) is 4.10. The van der Waals surface area contributed by atoms with Crippen LogP contribution in [0, 0.1) is 0 Å². The molecule has 5 heteroatoms. The summed E-state index contributed by atoms with van der Waals surface area (Å²) in [6.07, 6.45) is 0.779. The lowest BCUT2D eigenvalue weighted by molar-refractivity contribution is -0.146. The van der Waals surface area contributed by atoms with Crippen LogP contribution in [0.25, 0.3) is 0 Å². The summed E-state index contributed by atoms with van der Waals surface area (Å²) in [6.45, 7) is 3.77. The van der Waals surface area contributed by atoms with Gasteiger partial charge in [-0.25, -0.2) is 0 Å². The number of ether oxygens (including phenoxy) is 1. The maximum absolute atomic E-state index is 13.0. The van der Waals surface area contributed by atoms with Gasteiger partial charge in [0.15, 0.2) is 0 Å². The predicted octanol–water partition coefficient (Wildman–Crippen LogP) is 2.68. The van der Waals surface area contributed by atoms with E-state index in [1.54, 1.807) is 29.2 Å². The molecule has 1 heterocycles. The second-order valence-electron chi connectivity index (χ2n) is 7.26. The molecule has 0 unspecified atom stereocenters. The Bertz CT molecular complexity index is 847. The number of carbonyl (C=O) groups excluding carboxylic acids is 2. The normalized spacial score (nSPS) is 22.6. The summed E-state index contributed by atoms with van der Waals surface area (Å²) in [5.74, 6) is -0.385. The van der Waals surface area contributed by atoms with E-state index in [0.29, 0.717) is 5.56 Å².